The van der Waals surface area contributed by atoms with E-state index >= 15 is 0 Å². The van der Waals surface area contributed by atoms with Gasteiger partial charge in [-0.3, -0.25) is 4.79 Å². The van der Waals surface area contributed by atoms with Gasteiger partial charge < -0.3 is 15.0 Å². The maximum absolute atomic E-state index is 12.5. The fraction of sp³-hybridized carbons (Fsp3) is 0.421. The molecule has 0 aliphatic carbocycles. The molecule has 6 nitrogen and oxygen atoms in total. The molecule has 1 aliphatic heterocycles. The monoisotopic (exact) mass is 340 g/mol. The molecule has 0 unspecified atom stereocenters. The second-order valence-electron chi connectivity index (χ2n) is 6.34. The van der Waals surface area contributed by atoms with E-state index in [-0.39, 0.29) is 5.91 Å². The third-order valence-corrected chi connectivity index (χ3v) is 4.42. The Balaban J connectivity index is 1.66. The Morgan fingerprint density at radius 2 is 1.96 bits per heavy atom. The molecule has 1 aromatic carbocycles. The second kappa shape index (κ2) is 7.96. The molecule has 0 spiro atoms. The predicted molar refractivity (Wildman–Crippen MR) is 98.2 cm³/mol. The van der Waals surface area contributed by atoms with Crippen LogP contribution in [0.4, 0.5) is 11.5 Å². The molecule has 0 bridgehead atoms. The molecular weight excluding hydrogens is 316 g/mol. The molecule has 1 amide bonds. The molecule has 25 heavy (non-hydrogen) atoms. The van der Waals surface area contributed by atoms with E-state index in [4.69, 9.17) is 4.74 Å². The van der Waals surface area contributed by atoms with E-state index < -0.39 is 0 Å². The third-order valence-electron chi connectivity index (χ3n) is 4.42. The summed E-state index contributed by atoms with van der Waals surface area (Å²) < 4.78 is 5.40. The van der Waals surface area contributed by atoms with E-state index in [2.05, 4.69) is 27.1 Å². The summed E-state index contributed by atoms with van der Waals surface area (Å²) in [7, 11) is 0. The number of benzene rings is 1. The molecule has 0 saturated carbocycles. The van der Waals surface area contributed by atoms with Gasteiger partial charge >= 0.3 is 0 Å². The Labute approximate surface area is 148 Å². The van der Waals surface area contributed by atoms with Crippen molar-refractivity contribution >= 4 is 17.4 Å². The number of piperidine rings is 1. The van der Waals surface area contributed by atoms with E-state index in [9.17, 15) is 4.79 Å². The number of nitrogens with zero attached hydrogens (tertiary/aromatic N) is 3. The van der Waals surface area contributed by atoms with Crippen molar-refractivity contribution in [2.75, 3.05) is 29.9 Å². The summed E-state index contributed by atoms with van der Waals surface area (Å²) in [5.41, 5.74) is 1.08. The lowest BCUT2D eigenvalue weighted by molar-refractivity contribution is 0.102. The SMILES string of the molecule is CCOc1ccc(NC(=O)c2cc(N3CCC(C)CC3)ncn2)cc1. The Kier molecular flexibility index (Phi) is 5.48. The van der Waals surface area contributed by atoms with E-state index in [1.165, 1.54) is 6.33 Å². The molecule has 1 fully saturated rings. The first kappa shape index (κ1) is 17.2. The molecule has 1 aliphatic rings. The number of hydrogen-bond acceptors (Lipinski definition) is 5. The van der Waals surface area contributed by atoms with Crippen molar-refractivity contribution in [2.45, 2.75) is 26.7 Å². The van der Waals surface area contributed by atoms with Crippen molar-refractivity contribution in [3.05, 3.63) is 42.4 Å². The first-order chi connectivity index (χ1) is 12.2. The van der Waals surface area contributed by atoms with Crippen LogP contribution in [0.1, 0.15) is 37.2 Å². The highest BCUT2D eigenvalue weighted by atomic mass is 16.5. The summed E-state index contributed by atoms with van der Waals surface area (Å²) in [5, 5.41) is 2.86. The average molecular weight is 340 g/mol. The van der Waals surface area contributed by atoms with Gasteiger partial charge in [0, 0.05) is 24.8 Å². The number of nitrogens with one attached hydrogen (secondary N) is 1. The average Bonchev–Trinajstić information content (AvgIpc) is 2.64. The lowest BCUT2D eigenvalue weighted by Gasteiger charge is -2.31. The summed E-state index contributed by atoms with van der Waals surface area (Å²) in [6.07, 6.45) is 3.76. The van der Waals surface area contributed by atoms with Crippen LogP contribution < -0.4 is 15.0 Å². The lowest BCUT2D eigenvalue weighted by atomic mass is 9.99. The lowest BCUT2D eigenvalue weighted by Crippen LogP contribution is -2.33. The van der Waals surface area contributed by atoms with Crippen molar-refractivity contribution in [1.29, 1.82) is 0 Å². The van der Waals surface area contributed by atoms with Crippen LogP contribution in [-0.4, -0.2) is 35.6 Å². The molecule has 6 heteroatoms. The smallest absolute Gasteiger partial charge is 0.274 e. The number of carbonyl (C=O) groups is 1. The van der Waals surface area contributed by atoms with Crippen LogP contribution in [0.3, 0.4) is 0 Å². The minimum atomic E-state index is -0.238. The zero-order valence-electron chi connectivity index (χ0n) is 14.7. The van der Waals surface area contributed by atoms with Gasteiger partial charge in [-0.2, -0.15) is 0 Å². The minimum absolute atomic E-state index is 0.238. The highest BCUT2D eigenvalue weighted by Crippen LogP contribution is 2.22. The van der Waals surface area contributed by atoms with Crippen molar-refractivity contribution in [2.24, 2.45) is 5.92 Å². The van der Waals surface area contributed by atoms with Crippen LogP contribution in [0.5, 0.6) is 5.75 Å². The molecule has 1 aromatic heterocycles. The van der Waals surface area contributed by atoms with Gasteiger partial charge in [-0.05, 0) is 49.9 Å². The van der Waals surface area contributed by atoms with E-state index in [1.807, 2.05) is 31.2 Å². The molecule has 132 valence electrons. The van der Waals surface area contributed by atoms with Gasteiger partial charge in [0.2, 0.25) is 0 Å². The molecule has 1 N–H and O–H groups in total. The molecular formula is C19H24N4O2. The van der Waals surface area contributed by atoms with E-state index in [1.54, 1.807) is 6.07 Å². The van der Waals surface area contributed by atoms with Crippen LogP contribution >= 0.6 is 0 Å². The first-order valence-corrected chi connectivity index (χ1v) is 8.77. The number of rotatable bonds is 5. The minimum Gasteiger partial charge on any atom is -0.494 e. The summed E-state index contributed by atoms with van der Waals surface area (Å²) in [6.45, 7) is 6.76. The fourth-order valence-electron chi connectivity index (χ4n) is 2.88. The van der Waals surface area contributed by atoms with E-state index in [0.717, 1.165) is 43.4 Å². The van der Waals surface area contributed by atoms with Crippen LogP contribution in [-0.2, 0) is 0 Å². The van der Waals surface area contributed by atoms with Crippen molar-refractivity contribution in [3.63, 3.8) is 0 Å². The quantitative estimate of drug-likeness (QED) is 0.904. The summed E-state index contributed by atoms with van der Waals surface area (Å²) in [5.74, 6) is 2.11. The van der Waals surface area contributed by atoms with Crippen molar-refractivity contribution < 1.29 is 9.53 Å². The van der Waals surface area contributed by atoms with Gasteiger partial charge in [0.05, 0.1) is 6.61 Å². The standard InChI is InChI=1S/C19H24N4O2/c1-3-25-16-6-4-15(5-7-16)22-19(24)17-12-18(21-13-20-17)23-10-8-14(2)9-11-23/h4-7,12-14H,3,8-11H2,1-2H3,(H,22,24). The Morgan fingerprint density at radius 1 is 1.24 bits per heavy atom. The number of ether oxygens (including phenoxy) is 1. The van der Waals surface area contributed by atoms with Crippen LogP contribution in [0.25, 0.3) is 0 Å². The summed E-state index contributed by atoms with van der Waals surface area (Å²) in [6, 6.07) is 9.06. The third kappa shape index (κ3) is 4.47. The van der Waals surface area contributed by atoms with Crippen LogP contribution in [0, 0.1) is 5.92 Å². The van der Waals surface area contributed by atoms with Gasteiger partial charge in [-0.25, -0.2) is 9.97 Å². The summed E-state index contributed by atoms with van der Waals surface area (Å²) >= 11 is 0. The normalized spacial score (nSPS) is 15.0. The summed E-state index contributed by atoms with van der Waals surface area (Å²) in [4.78, 5) is 23.1. The molecule has 0 radical (unpaired) electrons. The van der Waals surface area contributed by atoms with Crippen molar-refractivity contribution in [3.8, 4) is 5.75 Å². The maximum atomic E-state index is 12.5. The van der Waals surface area contributed by atoms with Crippen molar-refractivity contribution in [1.82, 2.24) is 9.97 Å². The van der Waals surface area contributed by atoms with Crippen LogP contribution in [0.2, 0.25) is 0 Å². The fourth-order valence-corrected chi connectivity index (χ4v) is 2.88. The molecule has 0 atom stereocenters. The van der Waals surface area contributed by atoms with Gasteiger partial charge in [-0.15, -0.1) is 0 Å². The van der Waals surface area contributed by atoms with Crippen LogP contribution in [0.15, 0.2) is 36.7 Å². The molecule has 1 saturated heterocycles. The molecule has 2 aromatic rings. The topological polar surface area (TPSA) is 67.3 Å². The first-order valence-electron chi connectivity index (χ1n) is 8.77. The molecule has 2 heterocycles. The Hall–Kier alpha value is -2.63. The predicted octanol–water partition coefficient (Wildman–Crippen LogP) is 3.36. The highest BCUT2D eigenvalue weighted by molar-refractivity contribution is 6.03. The van der Waals surface area contributed by atoms with Gasteiger partial charge in [0.15, 0.2) is 0 Å². The van der Waals surface area contributed by atoms with Gasteiger partial charge in [0.1, 0.15) is 23.6 Å². The Morgan fingerprint density at radius 3 is 2.64 bits per heavy atom. The largest absolute Gasteiger partial charge is 0.494 e. The zero-order valence-corrected chi connectivity index (χ0v) is 14.7. The number of carbonyl (C=O) groups excluding carboxylic acids is 1. The van der Waals surface area contributed by atoms with Gasteiger partial charge in [-0.1, -0.05) is 6.92 Å². The number of aromatic nitrogens is 2. The highest BCUT2D eigenvalue weighted by Gasteiger charge is 2.18. The number of anilines is 2. The zero-order chi connectivity index (χ0) is 17.6. The maximum Gasteiger partial charge on any atom is 0.274 e. The van der Waals surface area contributed by atoms with E-state index in [0.29, 0.717) is 18.0 Å². The number of hydrogen-bond donors (Lipinski definition) is 1. The number of amides is 1. The van der Waals surface area contributed by atoms with Gasteiger partial charge in [0.25, 0.3) is 5.91 Å². The Bertz CT molecular complexity index is 710. The molecule has 3 rings (SSSR count). The second-order valence-corrected chi connectivity index (χ2v) is 6.34.